The molecule has 0 radical (unpaired) electrons. The second-order valence-electron chi connectivity index (χ2n) is 6.33. The Hall–Kier alpha value is -2.21. The first kappa shape index (κ1) is 17.6. The van der Waals surface area contributed by atoms with Crippen molar-refractivity contribution in [3.63, 3.8) is 0 Å². The van der Waals surface area contributed by atoms with Crippen LogP contribution in [-0.4, -0.2) is 19.1 Å². The number of benzene rings is 2. The molecule has 0 atom stereocenters. The van der Waals surface area contributed by atoms with Crippen LogP contribution in [-0.2, 0) is 21.2 Å². The molecule has 1 amide bonds. The maximum atomic E-state index is 13.1. The van der Waals surface area contributed by atoms with Gasteiger partial charge in [-0.2, -0.15) is 0 Å². The van der Waals surface area contributed by atoms with E-state index in [0.717, 1.165) is 5.56 Å². The Balaban J connectivity index is 1.85. The van der Waals surface area contributed by atoms with Gasteiger partial charge in [0.25, 0.3) is 0 Å². The van der Waals surface area contributed by atoms with Gasteiger partial charge in [-0.05, 0) is 42.7 Å². The van der Waals surface area contributed by atoms with Crippen LogP contribution >= 0.6 is 0 Å². The minimum Gasteiger partial charge on any atom is -0.351 e. The van der Waals surface area contributed by atoms with Crippen LogP contribution in [0.25, 0.3) is 0 Å². The number of hydrogen-bond donors (Lipinski definition) is 1. The fourth-order valence-corrected chi connectivity index (χ4v) is 5.44. The van der Waals surface area contributed by atoms with E-state index < -0.39 is 20.5 Å². The highest BCUT2D eigenvalue weighted by Gasteiger charge is 2.52. The molecule has 0 aliphatic heterocycles. The van der Waals surface area contributed by atoms with Crippen molar-refractivity contribution in [2.45, 2.75) is 41.9 Å². The molecule has 6 heteroatoms. The molecule has 1 N–H and O–H groups in total. The third kappa shape index (κ3) is 3.31. The number of nitrogens with one attached hydrogen (secondary N) is 1. The fraction of sp³-hybridized carbons (Fsp3) is 0.316. The molecule has 1 aliphatic carbocycles. The average Bonchev–Trinajstić information content (AvgIpc) is 3.13. The highest BCUT2D eigenvalue weighted by Crippen LogP contribution is 2.40. The van der Waals surface area contributed by atoms with Crippen molar-refractivity contribution in [3.05, 3.63) is 66.0 Å². The molecule has 0 aromatic heterocycles. The topological polar surface area (TPSA) is 63.2 Å². The van der Waals surface area contributed by atoms with Crippen molar-refractivity contribution in [2.24, 2.45) is 0 Å². The molecule has 132 valence electrons. The van der Waals surface area contributed by atoms with Crippen molar-refractivity contribution < 1.29 is 17.6 Å². The van der Waals surface area contributed by atoms with Gasteiger partial charge in [-0.1, -0.05) is 43.2 Å². The van der Waals surface area contributed by atoms with Crippen molar-refractivity contribution in [2.75, 3.05) is 0 Å². The Morgan fingerprint density at radius 3 is 2.20 bits per heavy atom. The summed E-state index contributed by atoms with van der Waals surface area (Å²) in [5, 5.41) is 2.74. The summed E-state index contributed by atoms with van der Waals surface area (Å²) in [6.07, 6.45) is 2.05. The van der Waals surface area contributed by atoms with Gasteiger partial charge < -0.3 is 5.32 Å². The van der Waals surface area contributed by atoms with Crippen molar-refractivity contribution in [1.82, 2.24) is 5.32 Å². The number of carbonyl (C=O) groups is 1. The van der Waals surface area contributed by atoms with Gasteiger partial charge in [0.2, 0.25) is 5.91 Å². The molecule has 0 unspecified atom stereocenters. The van der Waals surface area contributed by atoms with Crippen LogP contribution in [0.15, 0.2) is 59.5 Å². The first-order chi connectivity index (χ1) is 12.0. The lowest BCUT2D eigenvalue weighted by atomic mass is 10.1. The monoisotopic (exact) mass is 361 g/mol. The first-order valence-corrected chi connectivity index (χ1v) is 9.76. The summed E-state index contributed by atoms with van der Waals surface area (Å²) >= 11 is 0. The van der Waals surface area contributed by atoms with Gasteiger partial charge in [-0.15, -0.1) is 0 Å². The standard InChI is InChI=1S/C19H20FNO3S/c20-16-10-8-15(9-11-16)14-21-18(22)19(12-4-5-13-19)25(23,24)17-6-2-1-3-7-17/h1-3,6-11H,4-5,12-14H2,(H,21,22). The summed E-state index contributed by atoms with van der Waals surface area (Å²) in [5.74, 6) is -0.827. The lowest BCUT2D eigenvalue weighted by Gasteiger charge is -2.27. The van der Waals surface area contributed by atoms with E-state index in [-0.39, 0.29) is 17.3 Å². The van der Waals surface area contributed by atoms with Crippen LogP contribution < -0.4 is 5.32 Å². The second-order valence-corrected chi connectivity index (χ2v) is 8.59. The smallest absolute Gasteiger partial charge is 0.242 e. The van der Waals surface area contributed by atoms with Gasteiger partial charge in [0.05, 0.1) is 4.90 Å². The van der Waals surface area contributed by atoms with Gasteiger partial charge >= 0.3 is 0 Å². The van der Waals surface area contributed by atoms with Gasteiger partial charge in [0.1, 0.15) is 5.82 Å². The minimum atomic E-state index is -3.78. The molecule has 1 aliphatic rings. The Bertz CT molecular complexity index is 842. The molecule has 0 spiro atoms. The fourth-order valence-electron chi connectivity index (χ4n) is 3.33. The number of amides is 1. The van der Waals surface area contributed by atoms with E-state index in [1.165, 1.54) is 24.3 Å². The summed E-state index contributed by atoms with van der Waals surface area (Å²) < 4.78 is 37.8. The molecule has 2 aromatic rings. The molecule has 0 bridgehead atoms. The molecule has 3 rings (SSSR count). The van der Waals surface area contributed by atoms with E-state index in [4.69, 9.17) is 0 Å². The maximum Gasteiger partial charge on any atom is 0.242 e. The summed E-state index contributed by atoms with van der Waals surface area (Å²) in [7, 11) is -3.78. The molecule has 1 fully saturated rings. The first-order valence-electron chi connectivity index (χ1n) is 8.28. The Morgan fingerprint density at radius 1 is 1.00 bits per heavy atom. The van der Waals surface area contributed by atoms with Gasteiger partial charge in [0, 0.05) is 6.54 Å². The van der Waals surface area contributed by atoms with E-state index in [0.29, 0.717) is 25.7 Å². The van der Waals surface area contributed by atoms with E-state index >= 15 is 0 Å². The lowest BCUT2D eigenvalue weighted by molar-refractivity contribution is -0.123. The number of hydrogen-bond acceptors (Lipinski definition) is 3. The normalized spacial score (nSPS) is 16.5. The highest BCUT2D eigenvalue weighted by atomic mass is 32.2. The number of carbonyl (C=O) groups excluding carboxylic acids is 1. The largest absolute Gasteiger partial charge is 0.351 e. The summed E-state index contributed by atoms with van der Waals surface area (Å²) in [6.45, 7) is 0.172. The van der Waals surface area contributed by atoms with Crippen LogP contribution in [0.4, 0.5) is 4.39 Å². The van der Waals surface area contributed by atoms with Crippen molar-refractivity contribution in [3.8, 4) is 0 Å². The molecule has 1 saturated carbocycles. The summed E-state index contributed by atoms with van der Waals surface area (Å²) in [6, 6.07) is 13.9. The van der Waals surface area contributed by atoms with E-state index in [1.54, 1.807) is 30.3 Å². The van der Waals surface area contributed by atoms with Crippen LogP contribution in [0.5, 0.6) is 0 Å². The number of rotatable bonds is 5. The quantitative estimate of drug-likeness (QED) is 0.889. The summed E-state index contributed by atoms with van der Waals surface area (Å²) in [5.41, 5.74) is 0.722. The Labute approximate surface area is 147 Å². The van der Waals surface area contributed by atoms with E-state index in [2.05, 4.69) is 5.32 Å². The zero-order valence-electron chi connectivity index (χ0n) is 13.7. The SMILES string of the molecule is O=C(NCc1ccc(F)cc1)C1(S(=O)(=O)c2ccccc2)CCCC1. The molecular formula is C19H20FNO3S. The van der Waals surface area contributed by atoms with E-state index in [1.807, 2.05) is 0 Å². The number of sulfone groups is 1. The molecule has 4 nitrogen and oxygen atoms in total. The molecule has 2 aromatic carbocycles. The second kappa shape index (κ2) is 6.96. The minimum absolute atomic E-state index is 0.172. The predicted octanol–water partition coefficient (Wildman–Crippen LogP) is 3.23. The zero-order chi connectivity index (χ0) is 17.9. The predicted molar refractivity (Wildman–Crippen MR) is 93.1 cm³/mol. The highest BCUT2D eigenvalue weighted by molar-refractivity contribution is 7.93. The molecule has 0 saturated heterocycles. The third-order valence-electron chi connectivity index (χ3n) is 4.76. The van der Waals surface area contributed by atoms with Crippen LogP contribution in [0.2, 0.25) is 0 Å². The molecule has 25 heavy (non-hydrogen) atoms. The molecular weight excluding hydrogens is 341 g/mol. The van der Waals surface area contributed by atoms with Crippen LogP contribution in [0.1, 0.15) is 31.2 Å². The van der Waals surface area contributed by atoms with Gasteiger partial charge in [-0.3, -0.25) is 4.79 Å². The number of halogens is 1. The average molecular weight is 361 g/mol. The molecule has 0 heterocycles. The Morgan fingerprint density at radius 2 is 1.60 bits per heavy atom. The zero-order valence-corrected chi connectivity index (χ0v) is 14.6. The van der Waals surface area contributed by atoms with E-state index in [9.17, 15) is 17.6 Å². The van der Waals surface area contributed by atoms with Crippen molar-refractivity contribution in [1.29, 1.82) is 0 Å². The maximum absolute atomic E-state index is 13.1. The lowest BCUT2D eigenvalue weighted by Crippen LogP contribution is -2.50. The van der Waals surface area contributed by atoms with Crippen LogP contribution in [0.3, 0.4) is 0 Å². The van der Waals surface area contributed by atoms with Crippen LogP contribution in [0, 0.1) is 5.82 Å². The summed E-state index contributed by atoms with van der Waals surface area (Å²) in [4.78, 5) is 13.0. The van der Waals surface area contributed by atoms with Crippen molar-refractivity contribution >= 4 is 15.7 Å². The Kier molecular flexibility index (Phi) is 4.90. The van der Waals surface area contributed by atoms with Gasteiger partial charge in [0.15, 0.2) is 14.6 Å². The third-order valence-corrected chi connectivity index (χ3v) is 7.27. The van der Waals surface area contributed by atoms with Gasteiger partial charge in [-0.25, -0.2) is 12.8 Å².